The van der Waals surface area contributed by atoms with Gasteiger partial charge in [-0.3, -0.25) is 9.69 Å². The summed E-state index contributed by atoms with van der Waals surface area (Å²) in [5.41, 5.74) is 3.65. The molecular formula is C26H36N2O3. The quantitative estimate of drug-likeness (QED) is 0.623. The lowest BCUT2D eigenvalue weighted by molar-refractivity contribution is -0.127. The number of hydrogen-bond acceptors (Lipinski definition) is 4. The summed E-state index contributed by atoms with van der Waals surface area (Å²) in [7, 11) is 0. The van der Waals surface area contributed by atoms with Gasteiger partial charge in [0.2, 0.25) is 5.91 Å². The third kappa shape index (κ3) is 6.47. The summed E-state index contributed by atoms with van der Waals surface area (Å²) in [5.74, 6) is 1.69. The molecule has 2 aromatic carbocycles. The fourth-order valence-corrected chi connectivity index (χ4v) is 4.06. The molecule has 168 valence electrons. The average Bonchev–Trinajstić information content (AvgIpc) is 2.77. The summed E-state index contributed by atoms with van der Waals surface area (Å²) in [4.78, 5) is 15.3. The zero-order valence-corrected chi connectivity index (χ0v) is 19.3. The number of benzene rings is 2. The smallest absolute Gasteiger partial charge is 0.223 e. The van der Waals surface area contributed by atoms with Gasteiger partial charge in [0.25, 0.3) is 0 Å². The van der Waals surface area contributed by atoms with Crippen LogP contribution < -0.4 is 14.8 Å². The Kier molecular flexibility index (Phi) is 8.35. The Balaban J connectivity index is 1.52. The molecule has 1 aliphatic rings. The molecule has 2 aromatic rings. The monoisotopic (exact) mass is 424 g/mol. The molecule has 1 saturated heterocycles. The van der Waals surface area contributed by atoms with E-state index in [1.807, 2.05) is 39.0 Å². The predicted octanol–water partition coefficient (Wildman–Crippen LogP) is 4.88. The van der Waals surface area contributed by atoms with Crippen molar-refractivity contribution in [1.29, 1.82) is 0 Å². The minimum Gasteiger partial charge on any atom is -0.490 e. The number of ether oxygens (including phenoxy) is 2. The third-order valence-corrected chi connectivity index (χ3v) is 5.91. The number of rotatable bonds is 9. The molecule has 1 heterocycles. The van der Waals surface area contributed by atoms with E-state index < -0.39 is 0 Å². The van der Waals surface area contributed by atoms with Gasteiger partial charge in [-0.25, -0.2) is 0 Å². The van der Waals surface area contributed by atoms with Gasteiger partial charge in [0.15, 0.2) is 11.5 Å². The maximum Gasteiger partial charge on any atom is 0.223 e. The van der Waals surface area contributed by atoms with E-state index >= 15 is 0 Å². The maximum absolute atomic E-state index is 12.9. The average molecular weight is 425 g/mol. The molecule has 1 aliphatic heterocycles. The number of carbonyl (C=O) groups excluding carboxylic acids is 1. The van der Waals surface area contributed by atoms with Crippen molar-refractivity contribution >= 4 is 5.91 Å². The number of amides is 1. The molecule has 31 heavy (non-hydrogen) atoms. The molecule has 5 nitrogen and oxygen atoms in total. The molecule has 0 radical (unpaired) electrons. The van der Waals surface area contributed by atoms with Crippen LogP contribution in [0.4, 0.5) is 0 Å². The van der Waals surface area contributed by atoms with Gasteiger partial charge in [-0.1, -0.05) is 35.9 Å². The second kappa shape index (κ2) is 11.2. The number of aryl methyl sites for hydroxylation is 1. The van der Waals surface area contributed by atoms with Crippen molar-refractivity contribution in [3.8, 4) is 11.5 Å². The van der Waals surface area contributed by atoms with E-state index in [4.69, 9.17) is 9.47 Å². The van der Waals surface area contributed by atoms with Crippen LogP contribution in [0.15, 0.2) is 42.5 Å². The van der Waals surface area contributed by atoms with E-state index in [0.717, 1.165) is 49.5 Å². The highest BCUT2D eigenvalue weighted by molar-refractivity contribution is 5.79. The second-order valence-electron chi connectivity index (χ2n) is 8.34. The summed E-state index contributed by atoms with van der Waals surface area (Å²) in [6.07, 6.45) is 1.80. The minimum absolute atomic E-state index is 0.0748. The van der Waals surface area contributed by atoms with Crippen LogP contribution in [-0.2, 0) is 11.3 Å². The van der Waals surface area contributed by atoms with Crippen molar-refractivity contribution in [3.63, 3.8) is 0 Å². The van der Waals surface area contributed by atoms with Crippen LogP contribution in [0, 0.1) is 12.8 Å². The van der Waals surface area contributed by atoms with Crippen LogP contribution in [0.1, 0.15) is 56.3 Å². The van der Waals surface area contributed by atoms with Crippen LogP contribution >= 0.6 is 0 Å². The SMILES string of the molecule is CCOc1ccc([C@@H](C)NC(=O)C2CCN(Cc3ccc(C)cc3)CC2)cc1OCC. The van der Waals surface area contributed by atoms with E-state index in [0.29, 0.717) is 13.2 Å². The molecule has 0 spiro atoms. The maximum atomic E-state index is 12.9. The number of nitrogens with zero attached hydrogens (tertiary/aromatic N) is 1. The lowest BCUT2D eigenvalue weighted by Gasteiger charge is -2.32. The molecule has 0 aliphatic carbocycles. The molecule has 0 aromatic heterocycles. The number of nitrogens with one attached hydrogen (secondary N) is 1. The number of hydrogen-bond donors (Lipinski definition) is 1. The zero-order valence-electron chi connectivity index (χ0n) is 19.3. The Hall–Kier alpha value is -2.53. The highest BCUT2D eigenvalue weighted by Gasteiger charge is 2.26. The predicted molar refractivity (Wildman–Crippen MR) is 125 cm³/mol. The standard InChI is InChI=1S/C26H36N2O3/c1-5-30-24-12-11-23(17-25(24)31-6-2)20(4)27-26(29)22-13-15-28(16-14-22)18-21-9-7-19(3)8-10-21/h7-12,17,20,22H,5-6,13-16,18H2,1-4H3,(H,27,29)/t20-/m1/s1. The van der Waals surface area contributed by atoms with Crippen molar-refractivity contribution in [1.82, 2.24) is 10.2 Å². The van der Waals surface area contributed by atoms with Gasteiger partial charge in [-0.15, -0.1) is 0 Å². The van der Waals surface area contributed by atoms with Gasteiger partial charge in [-0.2, -0.15) is 0 Å². The molecule has 0 unspecified atom stereocenters. The summed E-state index contributed by atoms with van der Waals surface area (Å²) < 4.78 is 11.4. The van der Waals surface area contributed by atoms with E-state index in [1.54, 1.807) is 0 Å². The number of likely N-dealkylation sites (tertiary alicyclic amines) is 1. The fourth-order valence-electron chi connectivity index (χ4n) is 4.06. The highest BCUT2D eigenvalue weighted by atomic mass is 16.5. The van der Waals surface area contributed by atoms with Gasteiger partial charge in [0.05, 0.1) is 19.3 Å². The molecule has 0 bridgehead atoms. The van der Waals surface area contributed by atoms with Crippen molar-refractivity contribution in [3.05, 3.63) is 59.2 Å². The zero-order chi connectivity index (χ0) is 22.2. The molecule has 1 amide bonds. The van der Waals surface area contributed by atoms with Crippen molar-refractivity contribution < 1.29 is 14.3 Å². The Morgan fingerprint density at radius 3 is 2.32 bits per heavy atom. The van der Waals surface area contributed by atoms with Crippen molar-refractivity contribution in [2.75, 3.05) is 26.3 Å². The molecule has 3 rings (SSSR count). The van der Waals surface area contributed by atoms with E-state index in [-0.39, 0.29) is 17.9 Å². The number of carbonyl (C=O) groups is 1. The van der Waals surface area contributed by atoms with Gasteiger partial charge < -0.3 is 14.8 Å². The van der Waals surface area contributed by atoms with Crippen LogP contribution in [0.2, 0.25) is 0 Å². The molecule has 0 saturated carbocycles. The molecule has 1 atom stereocenters. The first kappa shape index (κ1) is 23.1. The first-order valence-corrected chi connectivity index (χ1v) is 11.5. The van der Waals surface area contributed by atoms with Gasteiger partial charge in [0.1, 0.15) is 0 Å². The summed E-state index contributed by atoms with van der Waals surface area (Å²) in [6, 6.07) is 14.5. The first-order valence-electron chi connectivity index (χ1n) is 11.5. The topological polar surface area (TPSA) is 50.8 Å². The number of piperidine rings is 1. The second-order valence-corrected chi connectivity index (χ2v) is 8.34. The van der Waals surface area contributed by atoms with E-state index in [9.17, 15) is 4.79 Å². The van der Waals surface area contributed by atoms with Gasteiger partial charge in [0, 0.05) is 12.5 Å². The lowest BCUT2D eigenvalue weighted by Crippen LogP contribution is -2.40. The summed E-state index contributed by atoms with van der Waals surface area (Å²) in [6.45, 7) is 12.1. The Morgan fingerprint density at radius 2 is 1.68 bits per heavy atom. The van der Waals surface area contributed by atoms with Crippen molar-refractivity contribution in [2.24, 2.45) is 5.92 Å². The highest BCUT2D eigenvalue weighted by Crippen LogP contribution is 2.31. The first-order chi connectivity index (χ1) is 15.0. The largest absolute Gasteiger partial charge is 0.490 e. The Morgan fingerprint density at radius 1 is 1.03 bits per heavy atom. The van der Waals surface area contributed by atoms with Crippen molar-refractivity contribution in [2.45, 2.75) is 53.1 Å². The van der Waals surface area contributed by atoms with Crippen LogP contribution in [0.3, 0.4) is 0 Å². The lowest BCUT2D eigenvalue weighted by atomic mass is 9.94. The molecule has 5 heteroatoms. The van der Waals surface area contributed by atoms with Crippen LogP contribution in [-0.4, -0.2) is 37.1 Å². The minimum atomic E-state index is -0.0760. The molecule has 1 N–H and O–H groups in total. The molecule has 1 fully saturated rings. The van der Waals surface area contributed by atoms with Crippen LogP contribution in [0.5, 0.6) is 11.5 Å². The van der Waals surface area contributed by atoms with E-state index in [2.05, 4.69) is 41.4 Å². The van der Waals surface area contributed by atoms with Crippen LogP contribution in [0.25, 0.3) is 0 Å². The van der Waals surface area contributed by atoms with E-state index in [1.165, 1.54) is 11.1 Å². The van der Waals surface area contributed by atoms with Gasteiger partial charge >= 0.3 is 0 Å². The summed E-state index contributed by atoms with van der Waals surface area (Å²) >= 11 is 0. The Bertz CT molecular complexity index is 842. The Labute approximate surface area is 186 Å². The fraction of sp³-hybridized carbons (Fsp3) is 0.500. The normalized spacial score (nSPS) is 16.0. The summed E-state index contributed by atoms with van der Waals surface area (Å²) in [5, 5.41) is 3.20. The van der Waals surface area contributed by atoms with Gasteiger partial charge in [-0.05, 0) is 76.9 Å². The molecular weight excluding hydrogens is 388 g/mol. The third-order valence-electron chi connectivity index (χ3n) is 5.91.